The molecule has 1 fully saturated rings. The Kier molecular flexibility index (Phi) is 6.80. The van der Waals surface area contributed by atoms with Crippen LogP contribution in [0.15, 0.2) is 53.1 Å². The summed E-state index contributed by atoms with van der Waals surface area (Å²) in [6.07, 6.45) is 1.81. The Balaban J connectivity index is 1.34. The number of halogens is 1. The molecule has 1 N–H and O–H groups in total. The predicted octanol–water partition coefficient (Wildman–Crippen LogP) is 4.51. The highest BCUT2D eigenvalue weighted by Gasteiger charge is 2.27. The minimum atomic E-state index is -0.311. The molecule has 0 saturated carbocycles. The molecule has 0 radical (unpaired) electrons. The molecule has 8 heteroatoms. The maximum Gasteiger partial charge on any atom is 0.241 e. The standard InChI is InChI=1S/C24H27FN4O3/c1-16(2)31-21-7-3-6-20(13-21)26-24(30)18-5-4-12-29(14-18)15-22-27-23(28-32-22)17-8-10-19(25)11-9-17/h3,6-11,13,16,18H,4-5,12,14-15H2,1-2H3,(H,26,30). The van der Waals surface area contributed by atoms with Gasteiger partial charge in [0, 0.05) is 23.9 Å². The molecule has 1 aromatic heterocycles. The van der Waals surface area contributed by atoms with Gasteiger partial charge in [-0.15, -0.1) is 0 Å². The third-order valence-electron chi connectivity index (χ3n) is 5.28. The summed E-state index contributed by atoms with van der Waals surface area (Å²) in [5.41, 5.74) is 1.42. The molecule has 4 rings (SSSR count). The summed E-state index contributed by atoms with van der Waals surface area (Å²) in [5.74, 6) is 1.19. The van der Waals surface area contributed by atoms with E-state index in [-0.39, 0.29) is 23.7 Å². The van der Waals surface area contributed by atoms with Gasteiger partial charge >= 0.3 is 0 Å². The van der Waals surface area contributed by atoms with Crippen LogP contribution in [0.1, 0.15) is 32.6 Å². The maximum absolute atomic E-state index is 13.1. The van der Waals surface area contributed by atoms with Crippen LogP contribution >= 0.6 is 0 Å². The molecule has 32 heavy (non-hydrogen) atoms. The molecule has 1 aliphatic rings. The largest absolute Gasteiger partial charge is 0.491 e. The van der Waals surface area contributed by atoms with Crippen LogP contribution in [0.3, 0.4) is 0 Å². The van der Waals surface area contributed by atoms with Gasteiger partial charge in [0.2, 0.25) is 17.6 Å². The van der Waals surface area contributed by atoms with E-state index in [4.69, 9.17) is 9.26 Å². The minimum absolute atomic E-state index is 0.00562. The van der Waals surface area contributed by atoms with Crippen molar-refractivity contribution in [1.29, 1.82) is 0 Å². The number of aromatic nitrogens is 2. The van der Waals surface area contributed by atoms with Crippen molar-refractivity contribution >= 4 is 11.6 Å². The number of carbonyl (C=O) groups excluding carboxylic acids is 1. The summed E-state index contributed by atoms with van der Waals surface area (Å²) in [4.78, 5) is 19.4. The van der Waals surface area contributed by atoms with Gasteiger partial charge < -0.3 is 14.6 Å². The van der Waals surface area contributed by atoms with E-state index in [9.17, 15) is 9.18 Å². The van der Waals surface area contributed by atoms with Crippen LogP contribution in [0, 0.1) is 11.7 Å². The number of carbonyl (C=O) groups is 1. The predicted molar refractivity (Wildman–Crippen MR) is 119 cm³/mol. The first-order valence-corrected chi connectivity index (χ1v) is 10.8. The Bertz CT molecular complexity index is 1050. The molecule has 7 nitrogen and oxygen atoms in total. The molecule has 1 saturated heterocycles. The van der Waals surface area contributed by atoms with Gasteiger partial charge in [0.15, 0.2) is 0 Å². The highest BCUT2D eigenvalue weighted by atomic mass is 19.1. The quantitative estimate of drug-likeness (QED) is 0.585. The topological polar surface area (TPSA) is 80.5 Å². The number of benzene rings is 2. The highest BCUT2D eigenvalue weighted by Crippen LogP contribution is 2.23. The van der Waals surface area contributed by atoms with Crippen LogP contribution < -0.4 is 10.1 Å². The Morgan fingerprint density at radius 3 is 2.88 bits per heavy atom. The molecule has 1 unspecified atom stereocenters. The molecule has 2 heterocycles. The lowest BCUT2D eigenvalue weighted by atomic mass is 9.97. The summed E-state index contributed by atoms with van der Waals surface area (Å²) in [7, 11) is 0. The van der Waals surface area contributed by atoms with Crippen LogP contribution in [-0.2, 0) is 11.3 Å². The van der Waals surface area contributed by atoms with E-state index in [1.807, 2.05) is 38.1 Å². The lowest BCUT2D eigenvalue weighted by Crippen LogP contribution is -2.40. The SMILES string of the molecule is CC(C)Oc1cccc(NC(=O)C2CCCN(Cc3nc(-c4ccc(F)cc4)no3)C2)c1. The molecule has 1 amide bonds. The van der Waals surface area contributed by atoms with E-state index < -0.39 is 0 Å². The molecule has 2 aromatic carbocycles. The van der Waals surface area contributed by atoms with Gasteiger partial charge in [-0.1, -0.05) is 11.2 Å². The second-order valence-electron chi connectivity index (χ2n) is 8.28. The highest BCUT2D eigenvalue weighted by molar-refractivity contribution is 5.92. The molecule has 0 spiro atoms. The Morgan fingerprint density at radius 2 is 2.09 bits per heavy atom. The lowest BCUT2D eigenvalue weighted by Gasteiger charge is -2.30. The zero-order valence-electron chi connectivity index (χ0n) is 18.3. The normalized spacial score (nSPS) is 16.8. The first kappa shape index (κ1) is 22.0. The zero-order valence-corrected chi connectivity index (χ0v) is 18.3. The molecular formula is C24H27FN4O3. The Labute approximate surface area is 186 Å². The number of ether oxygens (including phenoxy) is 1. The number of piperidine rings is 1. The monoisotopic (exact) mass is 438 g/mol. The average molecular weight is 439 g/mol. The van der Waals surface area contributed by atoms with E-state index >= 15 is 0 Å². The van der Waals surface area contributed by atoms with E-state index in [0.29, 0.717) is 30.4 Å². The number of likely N-dealkylation sites (tertiary alicyclic amines) is 1. The van der Waals surface area contributed by atoms with Gasteiger partial charge in [-0.2, -0.15) is 4.98 Å². The van der Waals surface area contributed by atoms with E-state index in [1.54, 1.807) is 12.1 Å². The van der Waals surface area contributed by atoms with Crippen molar-refractivity contribution in [3.63, 3.8) is 0 Å². The van der Waals surface area contributed by atoms with Gasteiger partial charge in [-0.3, -0.25) is 9.69 Å². The number of amides is 1. The van der Waals surface area contributed by atoms with Gasteiger partial charge in [0.05, 0.1) is 18.6 Å². The van der Waals surface area contributed by atoms with Gasteiger partial charge in [-0.25, -0.2) is 4.39 Å². The van der Waals surface area contributed by atoms with Crippen molar-refractivity contribution in [2.45, 2.75) is 39.3 Å². The molecular weight excluding hydrogens is 411 g/mol. The smallest absolute Gasteiger partial charge is 0.241 e. The fraction of sp³-hybridized carbons (Fsp3) is 0.375. The summed E-state index contributed by atoms with van der Waals surface area (Å²) in [6, 6.07) is 13.4. The van der Waals surface area contributed by atoms with Crippen LogP contribution in [-0.4, -0.2) is 40.1 Å². The number of nitrogens with zero attached hydrogens (tertiary/aromatic N) is 3. The van der Waals surface area contributed by atoms with Gasteiger partial charge in [0.1, 0.15) is 11.6 Å². The molecule has 1 atom stereocenters. The van der Waals surface area contributed by atoms with Crippen molar-refractivity contribution in [3.05, 3.63) is 60.2 Å². The number of rotatable bonds is 7. The number of hydrogen-bond acceptors (Lipinski definition) is 6. The summed E-state index contributed by atoms with van der Waals surface area (Å²) >= 11 is 0. The van der Waals surface area contributed by atoms with Crippen molar-refractivity contribution in [3.8, 4) is 17.1 Å². The minimum Gasteiger partial charge on any atom is -0.491 e. The first-order valence-electron chi connectivity index (χ1n) is 10.8. The molecule has 3 aromatic rings. The molecule has 168 valence electrons. The average Bonchev–Trinajstić information content (AvgIpc) is 3.22. The third-order valence-corrected chi connectivity index (χ3v) is 5.28. The second kappa shape index (κ2) is 9.91. The van der Waals surface area contributed by atoms with Gasteiger partial charge in [-0.05, 0) is 69.6 Å². The van der Waals surface area contributed by atoms with E-state index in [1.165, 1.54) is 12.1 Å². The molecule has 0 aliphatic carbocycles. The van der Waals surface area contributed by atoms with Crippen molar-refractivity contribution in [1.82, 2.24) is 15.0 Å². The van der Waals surface area contributed by atoms with Crippen LogP contribution in [0.4, 0.5) is 10.1 Å². The van der Waals surface area contributed by atoms with Crippen LogP contribution in [0.5, 0.6) is 5.75 Å². The van der Waals surface area contributed by atoms with Crippen molar-refractivity contribution in [2.24, 2.45) is 5.92 Å². The Hall–Kier alpha value is -3.26. The van der Waals surface area contributed by atoms with Crippen molar-refractivity contribution < 1.29 is 18.4 Å². The Morgan fingerprint density at radius 1 is 1.28 bits per heavy atom. The lowest BCUT2D eigenvalue weighted by molar-refractivity contribution is -0.121. The fourth-order valence-corrected chi connectivity index (χ4v) is 3.80. The van der Waals surface area contributed by atoms with E-state index in [0.717, 1.165) is 30.8 Å². The summed E-state index contributed by atoms with van der Waals surface area (Å²) in [6.45, 7) is 5.87. The number of hydrogen-bond donors (Lipinski definition) is 1. The second-order valence-corrected chi connectivity index (χ2v) is 8.28. The fourth-order valence-electron chi connectivity index (χ4n) is 3.80. The number of anilines is 1. The maximum atomic E-state index is 13.1. The summed E-state index contributed by atoms with van der Waals surface area (Å²) < 4.78 is 24.2. The third kappa shape index (κ3) is 5.70. The summed E-state index contributed by atoms with van der Waals surface area (Å²) in [5, 5.41) is 7.01. The van der Waals surface area contributed by atoms with Crippen LogP contribution in [0.2, 0.25) is 0 Å². The molecule has 0 bridgehead atoms. The van der Waals surface area contributed by atoms with Gasteiger partial charge in [0.25, 0.3) is 0 Å². The number of nitrogens with one attached hydrogen (secondary N) is 1. The first-order chi connectivity index (χ1) is 15.5. The van der Waals surface area contributed by atoms with Crippen molar-refractivity contribution in [2.75, 3.05) is 18.4 Å². The zero-order chi connectivity index (χ0) is 22.5. The van der Waals surface area contributed by atoms with Crippen LogP contribution in [0.25, 0.3) is 11.4 Å². The van der Waals surface area contributed by atoms with E-state index in [2.05, 4.69) is 20.4 Å². The molecule has 1 aliphatic heterocycles.